The van der Waals surface area contributed by atoms with Crippen molar-refractivity contribution in [2.45, 2.75) is 34.1 Å². The Bertz CT molecular complexity index is 963. The van der Waals surface area contributed by atoms with Crippen LogP contribution in [-0.4, -0.2) is 24.0 Å². The Morgan fingerprint density at radius 2 is 1.77 bits per heavy atom. The van der Waals surface area contributed by atoms with E-state index in [1.54, 1.807) is 70.2 Å². The monoisotopic (exact) mass is 473 g/mol. The third-order valence-electron chi connectivity index (χ3n) is 3.91. The van der Waals surface area contributed by atoms with Crippen LogP contribution >= 0.6 is 15.9 Å². The summed E-state index contributed by atoms with van der Waals surface area (Å²) < 4.78 is 6.24. The molecule has 0 aliphatic carbocycles. The van der Waals surface area contributed by atoms with E-state index < -0.39 is 11.3 Å². The first-order chi connectivity index (χ1) is 14.1. The van der Waals surface area contributed by atoms with Crippen LogP contribution in [0, 0.1) is 5.41 Å². The van der Waals surface area contributed by atoms with E-state index in [2.05, 4.69) is 31.8 Å². The van der Waals surface area contributed by atoms with E-state index in [1.807, 2.05) is 0 Å². The second-order valence-electron chi connectivity index (χ2n) is 7.50. The van der Waals surface area contributed by atoms with Crippen molar-refractivity contribution < 1.29 is 19.1 Å². The zero-order valence-corrected chi connectivity index (χ0v) is 18.9. The maximum absolute atomic E-state index is 12.3. The van der Waals surface area contributed by atoms with E-state index >= 15 is 0 Å². The quantitative estimate of drug-likeness (QED) is 0.279. The molecule has 0 atom stereocenters. The van der Waals surface area contributed by atoms with Crippen molar-refractivity contribution in [1.29, 1.82) is 0 Å². The molecule has 7 nitrogen and oxygen atoms in total. The van der Waals surface area contributed by atoms with Gasteiger partial charge in [-0.05, 0) is 63.2 Å². The van der Waals surface area contributed by atoms with Crippen LogP contribution < -0.4 is 15.5 Å². The Kier molecular flexibility index (Phi) is 7.88. The summed E-state index contributed by atoms with van der Waals surface area (Å²) in [6, 6.07) is 11.6. The van der Waals surface area contributed by atoms with Crippen LogP contribution in [0.4, 0.5) is 5.69 Å². The van der Waals surface area contributed by atoms with Gasteiger partial charge in [0.2, 0.25) is 5.91 Å². The average molecular weight is 474 g/mol. The molecule has 0 heterocycles. The van der Waals surface area contributed by atoms with Gasteiger partial charge in [-0.15, -0.1) is 0 Å². The number of hydrogen-bond acceptors (Lipinski definition) is 5. The predicted molar refractivity (Wildman–Crippen MR) is 120 cm³/mol. The number of carbonyl (C=O) groups excluding carboxylic acids is 3. The van der Waals surface area contributed by atoms with Gasteiger partial charge < -0.3 is 10.1 Å². The van der Waals surface area contributed by atoms with Gasteiger partial charge in [0.05, 0.1) is 11.6 Å². The van der Waals surface area contributed by atoms with E-state index in [0.29, 0.717) is 29.0 Å². The molecule has 0 aliphatic heterocycles. The minimum atomic E-state index is -0.654. The van der Waals surface area contributed by atoms with Gasteiger partial charge in [-0.25, -0.2) is 5.43 Å². The van der Waals surface area contributed by atoms with E-state index in [9.17, 15) is 14.4 Å². The number of halogens is 1. The molecule has 2 aromatic carbocycles. The summed E-state index contributed by atoms with van der Waals surface area (Å²) in [7, 11) is 0. The first-order valence-electron chi connectivity index (χ1n) is 9.35. The maximum atomic E-state index is 12.3. The number of benzene rings is 2. The highest BCUT2D eigenvalue weighted by Gasteiger charge is 2.24. The Morgan fingerprint density at radius 3 is 2.37 bits per heavy atom. The molecule has 0 saturated carbocycles. The zero-order valence-electron chi connectivity index (χ0n) is 17.3. The summed E-state index contributed by atoms with van der Waals surface area (Å²) in [6.07, 6.45) is 1.78. The molecule has 0 fully saturated rings. The Labute approximate surface area is 184 Å². The normalized spacial score (nSPS) is 11.2. The SMILES string of the molecule is CCC(=O)Nc1ccc(C(=O)N/N=C\c2cc(Br)ccc2OC(=O)C(C)(C)C)cc1. The fraction of sp³-hybridized carbons (Fsp3) is 0.273. The molecule has 30 heavy (non-hydrogen) atoms. The minimum absolute atomic E-state index is 0.103. The van der Waals surface area contributed by atoms with Crippen LogP contribution in [0.1, 0.15) is 50.0 Å². The van der Waals surface area contributed by atoms with E-state index in [1.165, 1.54) is 6.21 Å². The minimum Gasteiger partial charge on any atom is -0.425 e. The summed E-state index contributed by atoms with van der Waals surface area (Å²) in [5, 5.41) is 6.68. The third-order valence-corrected chi connectivity index (χ3v) is 4.40. The van der Waals surface area contributed by atoms with Crippen LogP contribution in [0.2, 0.25) is 0 Å². The number of nitrogens with one attached hydrogen (secondary N) is 2. The predicted octanol–water partition coefficient (Wildman–Crippen LogP) is 4.51. The first-order valence-corrected chi connectivity index (χ1v) is 10.1. The molecule has 0 unspecified atom stereocenters. The van der Waals surface area contributed by atoms with Crippen molar-refractivity contribution in [2.24, 2.45) is 10.5 Å². The lowest BCUT2D eigenvalue weighted by Gasteiger charge is -2.17. The molecule has 0 saturated heterocycles. The largest absolute Gasteiger partial charge is 0.425 e. The van der Waals surface area contributed by atoms with Crippen LogP contribution in [0.15, 0.2) is 52.0 Å². The molecule has 2 rings (SSSR count). The van der Waals surface area contributed by atoms with Gasteiger partial charge >= 0.3 is 5.97 Å². The topological polar surface area (TPSA) is 96.9 Å². The lowest BCUT2D eigenvalue weighted by molar-refractivity contribution is -0.143. The lowest BCUT2D eigenvalue weighted by atomic mass is 9.97. The van der Waals surface area contributed by atoms with Crippen LogP contribution in [0.25, 0.3) is 0 Å². The molecule has 2 amide bonds. The summed E-state index contributed by atoms with van der Waals surface area (Å²) in [5.41, 5.74) is 3.31. The fourth-order valence-electron chi connectivity index (χ4n) is 2.15. The Morgan fingerprint density at radius 1 is 1.10 bits per heavy atom. The van der Waals surface area contributed by atoms with Gasteiger partial charge in [-0.1, -0.05) is 22.9 Å². The number of carbonyl (C=O) groups is 3. The first kappa shape index (κ1) is 23.3. The van der Waals surface area contributed by atoms with E-state index in [-0.39, 0.29) is 11.9 Å². The number of anilines is 1. The number of nitrogens with zero attached hydrogens (tertiary/aromatic N) is 1. The van der Waals surface area contributed by atoms with Crippen LogP contribution in [0.3, 0.4) is 0 Å². The molecule has 0 aromatic heterocycles. The third kappa shape index (κ3) is 6.81. The van der Waals surface area contributed by atoms with Gasteiger partial charge in [0.1, 0.15) is 5.75 Å². The van der Waals surface area contributed by atoms with Crippen molar-refractivity contribution in [2.75, 3.05) is 5.32 Å². The van der Waals surface area contributed by atoms with E-state index in [0.717, 1.165) is 4.47 Å². The average Bonchev–Trinajstić information content (AvgIpc) is 2.69. The fourth-order valence-corrected chi connectivity index (χ4v) is 2.52. The van der Waals surface area contributed by atoms with Gasteiger partial charge in [0, 0.05) is 27.7 Å². The molecule has 2 aromatic rings. The lowest BCUT2D eigenvalue weighted by Crippen LogP contribution is -2.26. The van der Waals surface area contributed by atoms with Gasteiger partial charge in [0.15, 0.2) is 0 Å². The number of ether oxygens (including phenoxy) is 1. The van der Waals surface area contributed by atoms with Gasteiger partial charge in [0.25, 0.3) is 5.91 Å². The van der Waals surface area contributed by atoms with Crippen molar-refractivity contribution in [3.8, 4) is 5.75 Å². The van der Waals surface area contributed by atoms with Gasteiger partial charge in [-0.2, -0.15) is 5.10 Å². The zero-order chi connectivity index (χ0) is 22.3. The van der Waals surface area contributed by atoms with E-state index in [4.69, 9.17) is 4.74 Å². The second-order valence-corrected chi connectivity index (χ2v) is 8.42. The highest BCUT2D eigenvalue weighted by Crippen LogP contribution is 2.25. The standard InChI is InChI=1S/C22H24BrN3O4/c1-5-19(27)25-17-9-6-14(7-10-17)20(28)26-24-13-15-12-16(23)8-11-18(15)30-21(29)22(2,3)4/h6-13H,5H2,1-4H3,(H,25,27)(H,26,28)/b24-13-. The van der Waals surface area contributed by atoms with Gasteiger partial charge in [-0.3, -0.25) is 14.4 Å². The number of hydrazone groups is 1. The molecule has 2 N–H and O–H groups in total. The molecule has 0 aliphatic rings. The molecular formula is C22H24BrN3O4. The highest BCUT2D eigenvalue weighted by molar-refractivity contribution is 9.10. The van der Waals surface area contributed by atoms with Crippen molar-refractivity contribution in [3.63, 3.8) is 0 Å². The summed E-state index contributed by atoms with van der Waals surface area (Å²) in [4.78, 5) is 35.9. The number of rotatable bonds is 6. The second kappa shape index (κ2) is 10.2. The highest BCUT2D eigenvalue weighted by atomic mass is 79.9. The number of hydrogen-bond donors (Lipinski definition) is 2. The molecule has 8 heteroatoms. The van der Waals surface area contributed by atoms with Crippen molar-refractivity contribution in [1.82, 2.24) is 5.43 Å². The molecule has 158 valence electrons. The summed E-state index contributed by atoms with van der Waals surface area (Å²) in [5.74, 6) is -0.553. The summed E-state index contributed by atoms with van der Waals surface area (Å²) in [6.45, 7) is 7.05. The Hall–Kier alpha value is -3.00. The molecular weight excluding hydrogens is 450 g/mol. The number of amides is 2. The van der Waals surface area contributed by atoms with Crippen LogP contribution in [-0.2, 0) is 9.59 Å². The van der Waals surface area contributed by atoms with Crippen molar-refractivity contribution in [3.05, 3.63) is 58.1 Å². The summed E-state index contributed by atoms with van der Waals surface area (Å²) >= 11 is 3.37. The molecule has 0 radical (unpaired) electrons. The van der Waals surface area contributed by atoms with Crippen molar-refractivity contribution >= 4 is 45.6 Å². The van der Waals surface area contributed by atoms with Crippen LogP contribution in [0.5, 0.6) is 5.75 Å². The number of esters is 1. The molecule has 0 spiro atoms. The maximum Gasteiger partial charge on any atom is 0.316 e. The smallest absolute Gasteiger partial charge is 0.316 e. The molecule has 0 bridgehead atoms. The Balaban J connectivity index is 2.07.